The second-order valence-electron chi connectivity index (χ2n) is 6.42. The van der Waals surface area contributed by atoms with Crippen LogP contribution in [0.25, 0.3) is 0 Å². The van der Waals surface area contributed by atoms with Crippen molar-refractivity contribution in [1.29, 1.82) is 0 Å². The normalized spacial score (nSPS) is 24.6. The lowest BCUT2D eigenvalue weighted by molar-refractivity contribution is 0.175. The van der Waals surface area contributed by atoms with E-state index in [2.05, 4.69) is 24.3 Å². The molecule has 1 N–H and O–H groups in total. The zero-order valence-electron chi connectivity index (χ0n) is 12.3. The number of hydrogen-bond donors (Lipinski definition) is 1. The molecule has 2 aliphatic carbocycles. The number of aliphatic hydroxyl groups excluding tert-OH is 1. The Balaban J connectivity index is 1.52. The Morgan fingerprint density at radius 3 is 2.75 bits per heavy atom. The number of aliphatic hydroxyl groups is 1. The molecule has 2 atom stereocenters. The molecule has 1 saturated carbocycles. The van der Waals surface area contributed by atoms with E-state index in [0.717, 1.165) is 17.4 Å². The van der Waals surface area contributed by atoms with Gasteiger partial charge in [0, 0.05) is 11.0 Å². The van der Waals surface area contributed by atoms with Gasteiger partial charge >= 0.3 is 0 Å². The topological polar surface area (TPSA) is 20.2 Å². The van der Waals surface area contributed by atoms with Gasteiger partial charge in [-0.2, -0.15) is 11.8 Å². The zero-order valence-corrected chi connectivity index (χ0v) is 13.1. The standard InChI is InChI=1S/C18H26OS/c19-16(13-20-17-9-2-3-10-17)12-15-8-5-7-14-6-1-4-11-18(14)15/h1,4,6,11,15-17,19H,2-3,5,7-10,12-13H2. The molecular formula is C18H26OS. The highest BCUT2D eigenvalue weighted by Gasteiger charge is 2.23. The number of benzene rings is 1. The number of rotatable bonds is 5. The second-order valence-corrected chi connectivity index (χ2v) is 7.75. The predicted octanol–water partition coefficient (Wildman–Crippen LogP) is 4.53. The van der Waals surface area contributed by atoms with Gasteiger partial charge in [0.25, 0.3) is 0 Å². The molecule has 110 valence electrons. The number of hydrogen-bond acceptors (Lipinski definition) is 2. The minimum absolute atomic E-state index is 0.128. The minimum Gasteiger partial charge on any atom is -0.392 e. The van der Waals surface area contributed by atoms with Gasteiger partial charge < -0.3 is 5.11 Å². The van der Waals surface area contributed by atoms with E-state index in [1.54, 1.807) is 0 Å². The highest BCUT2D eigenvalue weighted by molar-refractivity contribution is 7.99. The van der Waals surface area contributed by atoms with Crippen molar-refractivity contribution in [1.82, 2.24) is 0 Å². The fourth-order valence-electron chi connectivity index (χ4n) is 3.80. The van der Waals surface area contributed by atoms with E-state index >= 15 is 0 Å². The summed E-state index contributed by atoms with van der Waals surface area (Å²) >= 11 is 2.01. The van der Waals surface area contributed by atoms with Crippen LogP contribution in [-0.2, 0) is 6.42 Å². The van der Waals surface area contributed by atoms with Crippen molar-refractivity contribution >= 4 is 11.8 Å². The average molecular weight is 290 g/mol. The van der Waals surface area contributed by atoms with E-state index in [0.29, 0.717) is 5.92 Å². The van der Waals surface area contributed by atoms with Crippen molar-refractivity contribution in [3.05, 3.63) is 35.4 Å². The van der Waals surface area contributed by atoms with Crippen LogP contribution in [0.1, 0.15) is 62.0 Å². The molecule has 2 heteroatoms. The Bertz CT molecular complexity index is 425. The summed E-state index contributed by atoms with van der Waals surface area (Å²) in [5, 5.41) is 11.2. The van der Waals surface area contributed by atoms with Crippen LogP contribution < -0.4 is 0 Å². The highest BCUT2D eigenvalue weighted by Crippen LogP contribution is 2.36. The smallest absolute Gasteiger partial charge is 0.0636 e. The lowest BCUT2D eigenvalue weighted by Crippen LogP contribution is -2.19. The maximum atomic E-state index is 10.4. The molecule has 3 rings (SSSR count). The summed E-state index contributed by atoms with van der Waals surface area (Å²) in [4.78, 5) is 0. The van der Waals surface area contributed by atoms with Crippen LogP contribution in [0.5, 0.6) is 0 Å². The van der Waals surface area contributed by atoms with Gasteiger partial charge in [-0.25, -0.2) is 0 Å². The first-order valence-corrected chi connectivity index (χ1v) is 9.25. The van der Waals surface area contributed by atoms with E-state index in [-0.39, 0.29) is 6.10 Å². The highest BCUT2D eigenvalue weighted by atomic mass is 32.2. The van der Waals surface area contributed by atoms with E-state index in [1.165, 1.54) is 56.1 Å². The van der Waals surface area contributed by atoms with Crippen molar-refractivity contribution < 1.29 is 5.11 Å². The first-order valence-electron chi connectivity index (χ1n) is 8.20. The van der Waals surface area contributed by atoms with E-state index in [9.17, 15) is 5.11 Å². The number of fused-ring (bicyclic) bond motifs is 1. The summed E-state index contributed by atoms with van der Waals surface area (Å²) in [6, 6.07) is 8.83. The van der Waals surface area contributed by atoms with Gasteiger partial charge in [0.05, 0.1) is 6.10 Å². The van der Waals surface area contributed by atoms with Gasteiger partial charge in [0.15, 0.2) is 0 Å². The van der Waals surface area contributed by atoms with Crippen LogP contribution in [0.15, 0.2) is 24.3 Å². The first kappa shape index (κ1) is 14.5. The minimum atomic E-state index is -0.128. The number of thioether (sulfide) groups is 1. The Kier molecular flexibility index (Phi) is 5.06. The van der Waals surface area contributed by atoms with E-state index in [4.69, 9.17) is 0 Å². The summed E-state index contributed by atoms with van der Waals surface area (Å²) < 4.78 is 0. The molecule has 1 aromatic carbocycles. The molecule has 2 aliphatic rings. The third-order valence-electron chi connectivity index (χ3n) is 4.88. The number of aryl methyl sites for hydroxylation is 1. The Labute approximate surface area is 127 Å². The van der Waals surface area contributed by atoms with Gasteiger partial charge in [-0.05, 0) is 55.6 Å². The molecule has 1 nitrogen and oxygen atoms in total. The summed E-state index contributed by atoms with van der Waals surface area (Å²) in [5.74, 6) is 1.52. The predicted molar refractivity (Wildman–Crippen MR) is 87.5 cm³/mol. The molecular weight excluding hydrogens is 264 g/mol. The first-order chi connectivity index (χ1) is 9.83. The molecule has 0 saturated heterocycles. The molecule has 20 heavy (non-hydrogen) atoms. The molecule has 0 spiro atoms. The summed E-state index contributed by atoms with van der Waals surface area (Å²) in [6.45, 7) is 0. The fourth-order valence-corrected chi connectivity index (χ4v) is 5.10. The second kappa shape index (κ2) is 7.00. The Hall–Kier alpha value is -0.470. The van der Waals surface area contributed by atoms with Crippen LogP contribution in [0.4, 0.5) is 0 Å². The maximum Gasteiger partial charge on any atom is 0.0636 e. The molecule has 0 aromatic heterocycles. The lowest BCUT2D eigenvalue weighted by Gasteiger charge is -2.27. The van der Waals surface area contributed by atoms with Crippen LogP contribution in [0.2, 0.25) is 0 Å². The van der Waals surface area contributed by atoms with Gasteiger partial charge in [0.1, 0.15) is 0 Å². The SMILES string of the molecule is OC(CSC1CCCC1)CC1CCCc2ccccc21. The Morgan fingerprint density at radius 2 is 1.90 bits per heavy atom. The molecule has 0 heterocycles. The molecule has 2 unspecified atom stereocenters. The molecule has 0 aliphatic heterocycles. The quantitative estimate of drug-likeness (QED) is 0.859. The van der Waals surface area contributed by atoms with Gasteiger partial charge in [-0.1, -0.05) is 37.1 Å². The van der Waals surface area contributed by atoms with Gasteiger partial charge in [-0.3, -0.25) is 0 Å². The van der Waals surface area contributed by atoms with E-state index < -0.39 is 0 Å². The van der Waals surface area contributed by atoms with Crippen LogP contribution in [0, 0.1) is 0 Å². The molecule has 1 fully saturated rings. The largest absolute Gasteiger partial charge is 0.392 e. The lowest BCUT2D eigenvalue weighted by atomic mass is 9.80. The van der Waals surface area contributed by atoms with Crippen molar-refractivity contribution in [2.45, 2.75) is 68.6 Å². The summed E-state index contributed by atoms with van der Waals surface area (Å²) in [7, 11) is 0. The zero-order chi connectivity index (χ0) is 13.8. The van der Waals surface area contributed by atoms with Crippen molar-refractivity contribution in [2.24, 2.45) is 0 Å². The summed E-state index contributed by atoms with van der Waals surface area (Å²) in [5.41, 5.74) is 3.02. The van der Waals surface area contributed by atoms with Crippen molar-refractivity contribution in [2.75, 3.05) is 5.75 Å². The molecule has 0 bridgehead atoms. The summed E-state index contributed by atoms with van der Waals surface area (Å²) in [6.07, 6.45) is 10.1. The third kappa shape index (κ3) is 3.59. The Morgan fingerprint density at radius 1 is 1.10 bits per heavy atom. The molecule has 0 amide bonds. The molecule has 1 aromatic rings. The third-order valence-corrected chi connectivity index (χ3v) is 6.40. The maximum absolute atomic E-state index is 10.4. The monoisotopic (exact) mass is 290 g/mol. The van der Waals surface area contributed by atoms with Crippen molar-refractivity contribution in [3.63, 3.8) is 0 Å². The molecule has 0 radical (unpaired) electrons. The van der Waals surface area contributed by atoms with Crippen LogP contribution in [0.3, 0.4) is 0 Å². The van der Waals surface area contributed by atoms with Crippen LogP contribution in [-0.4, -0.2) is 22.2 Å². The van der Waals surface area contributed by atoms with Crippen LogP contribution >= 0.6 is 11.8 Å². The average Bonchev–Trinajstić information content (AvgIpc) is 2.99. The van der Waals surface area contributed by atoms with Gasteiger partial charge in [-0.15, -0.1) is 0 Å². The van der Waals surface area contributed by atoms with E-state index in [1.807, 2.05) is 11.8 Å². The fraction of sp³-hybridized carbons (Fsp3) is 0.667. The van der Waals surface area contributed by atoms with Gasteiger partial charge in [0.2, 0.25) is 0 Å². The van der Waals surface area contributed by atoms with Crippen molar-refractivity contribution in [3.8, 4) is 0 Å².